The summed E-state index contributed by atoms with van der Waals surface area (Å²) in [6.07, 6.45) is 0.530. The van der Waals surface area contributed by atoms with Crippen LogP contribution in [0.25, 0.3) is 11.3 Å². The molecule has 3 aromatic carbocycles. The number of aromatic carboxylic acids is 1. The highest BCUT2D eigenvalue weighted by Crippen LogP contribution is 2.42. The van der Waals surface area contributed by atoms with Gasteiger partial charge in [0, 0.05) is 21.5 Å². The van der Waals surface area contributed by atoms with E-state index in [2.05, 4.69) is 15.6 Å². The van der Waals surface area contributed by atoms with Gasteiger partial charge >= 0.3 is 5.97 Å². The van der Waals surface area contributed by atoms with Gasteiger partial charge in [0.25, 0.3) is 5.91 Å². The van der Waals surface area contributed by atoms with Crippen LogP contribution in [0.4, 0.5) is 10.8 Å². The van der Waals surface area contributed by atoms with Gasteiger partial charge in [-0.3, -0.25) is 9.59 Å². The molecule has 0 aliphatic heterocycles. The van der Waals surface area contributed by atoms with Crippen LogP contribution in [0.5, 0.6) is 0 Å². The first-order valence-corrected chi connectivity index (χ1v) is 15.3. The van der Waals surface area contributed by atoms with Crippen LogP contribution in [0.3, 0.4) is 0 Å². The maximum atomic E-state index is 13.1. The van der Waals surface area contributed by atoms with Crippen molar-refractivity contribution >= 4 is 98.1 Å². The number of benzene rings is 3. The van der Waals surface area contributed by atoms with E-state index in [1.165, 1.54) is 23.1 Å². The molecule has 2 amide bonds. The molecule has 41 heavy (non-hydrogen) atoms. The smallest absolute Gasteiger partial charge is 0.338 e. The molecule has 0 saturated heterocycles. The molecule has 0 saturated carbocycles. The van der Waals surface area contributed by atoms with Crippen molar-refractivity contribution in [3.63, 3.8) is 0 Å². The van der Waals surface area contributed by atoms with Crippen LogP contribution < -0.4 is 10.6 Å². The highest BCUT2D eigenvalue weighted by atomic mass is 35.5. The summed E-state index contributed by atoms with van der Waals surface area (Å²) in [5.41, 5.74) is 2.25. The minimum absolute atomic E-state index is 0.208. The van der Waals surface area contributed by atoms with Crippen molar-refractivity contribution in [2.45, 2.75) is 30.4 Å². The monoisotopic (exact) mass is 667 g/mol. The molecule has 0 radical (unpaired) electrons. The lowest BCUT2D eigenvalue weighted by molar-refractivity contribution is -0.115. The number of carbonyl (C=O) groups excluding carboxylic acids is 2. The summed E-state index contributed by atoms with van der Waals surface area (Å²) in [5.74, 6) is -2.54. The third kappa shape index (κ3) is 7.17. The molecular weight excluding hydrogens is 648 g/mol. The quantitative estimate of drug-likeness (QED) is 0.0932. The maximum Gasteiger partial charge on any atom is 0.338 e. The number of rotatable bonds is 9. The van der Waals surface area contributed by atoms with Crippen molar-refractivity contribution in [3.8, 4) is 11.3 Å². The molecule has 0 aliphatic rings. The van der Waals surface area contributed by atoms with Crippen LogP contribution in [0.1, 0.15) is 39.6 Å². The first-order chi connectivity index (χ1) is 19.5. The lowest BCUT2D eigenvalue weighted by atomic mass is 10.1. The Kier molecular flexibility index (Phi) is 10.2. The third-order valence-corrected chi connectivity index (χ3v) is 9.74. The van der Waals surface area contributed by atoms with Gasteiger partial charge < -0.3 is 15.7 Å². The number of anilines is 2. The average Bonchev–Trinajstić information content (AvgIpc) is 3.40. The van der Waals surface area contributed by atoms with Crippen LogP contribution in [0, 0.1) is 6.92 Å². The van der Waals surface area contributed by atoms with Crippen molar-refractivity contribution in [2.75, 3.05) is 10.6 Å². The number of thiazole rings is 1. The van der Waals surface area contributed by atoms with Crippen LogP contribution in [0.15, 0.2) is 58.8 Å². The number of aromatic nitrogens is 1. The lowest BCUT2D eigenvalue weighted by Gasteiger charge is -2.16. The van der Waals surface area contributed by atoms with E-state index >= 15 is 0 Å². The molecule has 1 atom stereocenters. The molecule has 1 unspecified atom stereocenters. The Hall–Kier alpha value is -2.79. The van der Waals surface area contributed by atoms with Gasteiger partial charge in [0.1, 0.15) is 0 Å². The Morgan fingerprint density at radius 3 is 2.24 bits per heavy atom. The van der Waals surface area contributed by atoms with E-state index in [-0.39, 0.29) is 21.0 Å². The second-order valence-electron chi connectivity index (χ2n) is 8.70. The fourth-order valence-electron chi connectivity index (χ4n) is 3.75. The molecule has 0 spiro atoms. The summed E-state index contributed by atoms with van der Waals surface area (Å²) in [7, 11) is 0. The number of amides is 2. The van der Waals surface area contributed by atoms with Gasteiger partial charge in [-0.15, -0.1) is 23.1 Å². The second-order valence-corrected chi connectivity index (χ2v) is 12.3. The van der Waals surface area contributed by atoms with E-state index in [1.54, 1.807) is 24.3 Å². The largest absolute Gasteiger partial charge is 0.478 e. The zero-order valence-corrected chi connectivity index (χ0v) is 26.1. The lowest BCUT2D eigenvalue weighted by Crippen LogP contribution is -2.24. The van der Waals surface area contributed by atoms with Gasteiger partial charge in [0.05, 0.1) is 42.2 Å². The molecule has 3 N–H and O–H groups in total. The van der Waals surface area contributed by atoms with E-state index in [0.29, 0.717) is 22.1 Å². The number of nitrogens with one attached hydrogen (secondary N) is 2. The van der Waals surface area contributed by atoms with Crippen LogP contribution in [0.2, 0.25) is 20.1 Å². The molecule has 0 fully saturated rings. The van der Waals surface area contributed by atoms with Gasteiger partial charge in [-0.05, 0) is 31.5 Å². The molecule has 0 bridgehead atoms. The van der Waals surface area contributed by atoms with Crippen molar-refractivity contribution < 1.29 is 19.5 Å². The maximum absolute atomic E-state index is 13.1. The first kappa shape index (κ1) is 31.2. The number of hydrogen-bond donors (Lipinski definition) is 3. The highest BCUT2D eigenvalue weighted by molar-refractivity contribution is 8.00. The minimum atomic E-state index is -1.49. The molecule has 212 valence electrons. The zero-order chi connectivity index (χ0) is 29.8. The average molecular weight is 669 g/mol. The first-order valence-electron chi connectivity index (χ1n) is 12.0. The third-order valence-electron chi connectivity index (χ3n) is 5.82. The second kappa shape index (κ2) is 13.5. The summed E-state index contributed by atoms with van der Waals surface area (Å²) in [4.78, 5) is 43.3. The van der Waals surface area contributed by atoms with E-state index < -0.39 is 33.3 Å². The summed E-state index contributed by atoms with van der Waals surface area (Å²) < 4.78 is 0. The highest BCUT2D eigenvalue weighted by Gasteiger charge is 2.29. The van der Waals surface area contributed by atoms with Crippen LogP contribution in [-0.4, -0.2) is 33.1 Å². The SMILES string of the molecule is CCC(Sc1cccc(NC(=O)c2c(Cl)c(Cl)c(Cl)c(Cl)c2C(=O)O)c1)C(=O)Nc1nc(-c2ccc(C)cc2)cs1. The summed E-state index contributed by atoms with van der Waals surface area (Å²) in [6, 6.07) is 14.7. The summed E-state index contributed by atoms with van der Waals surface area (Å²) in [6.45, 7) is 3.91. The molecular formula is C28H21Cl4N3O4S2. The molecule has 1 heterocycles. The fourth-order valence-corrected chi connectivity index (χ4v) is 6.50. The van der Waals surface area contributed by atoms with Gasteiger partial charge in [-0.1, -0.05) is 89.2 Å². The number of nitrogens with zero attached hydrogens (tertiary/aromatic N) is 1. The molecule has 4 aromatic rings. The van der Waals surface area contributed by atoms with Gasteiger partial charge in [0.15, 0.2) is 5.13 Å². The Bertz CT molecular complexity index is 1640. The van der Waals surface area contributed by atoms with E-state index in [9.17, 15) is 19.5 Å². The number of halogens is 4. The summed E-state index contributed by atoms with van der Waals surface area (Å²) >= 11 is 27.0. The molecule has 7 nitrogen and oxygen atoms in total. The van der Waals surface area contributed by atoms with Gasteiger partial charge in [0.2, 0.25) is 5.91 Å². The molecule has 4 rings (SSSR count). The van der Waals surface area contributed by atoms with E-state index in [1.807, 2.05) is 43.5 Å². The van der Waals surface area contributed by atoms with E-state index in [0.717, 1.165) is 16.8 Å². The Labute approximate surface area is 264 Å². The van der Waals surface area contributed by atoms with Crippen molar-refractivity contribution in [1.82, 2.24) is 4.98 Å². The molecule has 0 aliphatic carbocycles. The Balaban J connectivity index is 1.48. The van der Waals surface area contributed by atoms with Crippen molar-refractivity contribution in [2.24, 2.45) is 0 Å². The topological polar surface area (TPSA) is 108 Å². The van der Waals surface area contributed by atoms with Crippen molar-refractivity contribution in [3.05, 3.63) is 90.7 Å². The summed E-state index contributed by atoms with van der Waals surface area (Å²) in [5, 5.41) is 15.8. The predicted molar refractivity (Wildman–Crippen MR) is 169 cm³/mol. The van der Waals surface area contributed by atoms with Crippen molar-refractivity contribution in [1.29, 1.82) is 0 Å². The zero-order valence-electron chi connectivity index (χ0n) is 21.4. The minimum Gasteiger partial charge on any atom is -0.478 e. The number of carboxylic acids is 1. The number of hydrogen-bond acceptors (Lipinski definition) is 6. The molecule has 13 heteroatoms. The normalized spacial score (nSPS) is 11.7. The standard InChI is InChI=1S/C28H21Cl4N3O4S2/c1-3-18(25(36)35-28-34-17(12-40-28)14-9-7-13(2)8-10-14)41-16-6-4-5-15(11-16)33-26(37)19-20(27(38)39)22(30)24(32)23(31)21(19)29/h4-12,18H,3H2,1-2H3,(H,33,37)(H,38,39)(H,34,35,36). The molecule has 1 aromatic heterocycles. The number of thioether (sulfide) groups is 1. The number of carboxylic acid groups (broad SMARTS) is 1. The Morgan fingerprint density at radius 1 is 0.951 bits per heavy atom. The van der Waals surface area contributed by atoms with Crippen LogP contribution >= 0.6 is 69.5 Å². The fraction of sp³-hybridized carbons (Fsp3) is 0.143. The number of aryl methyl sites for hydroxylation is 1. The number of carbonyl (C=O) groups is 3. The predicted octanol–water partition coefficient (Wildman–Crippen LogP) is 9.19. The van der Waals surface area contributed by atoms with Gasteiger partial charge in [-0.2, -0.15) is 0 Å². The Morgan fingerprint density at radius 2 is 1.61 bits per heavy atom. The van der Waals surface area contributed by atoms with Gasteiger partial charge in [-0.25, -0.2) is 9.78 Å². The van der Waals surface area contributed by atoms with Crippen LogP contribution in [-0.2, 0) is 4.79 Å². The van der Waals surface area contributed by atoms with E-state index in [4.69, 9.17) is 46.4 Å².